The first-order valence-corrected chi connectivity index (χ1v) is 12.7. The fourth-order valence-corrected chi connectivity index (χ4v) is 6.03. The normalized spacial score (nSPS) is 13.1. The third-order valence-electron chi connectivity index (χ3n) is 6.46. The van der Waals surface area contributed by atoms with Crippen LogP contribution in [0.2, 0.25) is 0 Å². The molecule has 9 heteroatoms. The van der Waals surface area contributed by atoms with Gasteiger partial charge in [0.1, 0.15) is 10.6 Å². The fourth-order valence-electron chi connectivity index (χ4n) is 4.74. The molecule has 180 valence electrons. The molecule has 8 nitrogen and oxygen atoms in total. The SMILES string of the molecule is Nc1nc(COC(=O)c2nn(Cc3ccccc3)c(=O)c3ccccc23)nc2sc3c(c12)CCCC3. The highest BCUT2D eigenvalue weighted by molar-refractivity contribution is 7.19. The Morgan fingerprint density at radius 3 is 2.58 bits per heavy atom. The van der Waals surface area contributed by atoms with Crippen LogP contribution in [0.3, 0.4) is 0 Å². The minimum atomic E-state index is -0.652. The fraction of sp³-hybridized carbons (Fsp3) is 0.222. The summed E-state index contributed by atoms with van der Waals surface area (Å²) in [6.07, 6.45) is 4.35. The lowest BCUT2D eigenvalue weighted by molar-refractivity contribution is 0.0455. The van der Waals surface area contributed by atoms with Crippen molar-refractivity contribution in [1.29, 1.82) is 0 Å². The molecule has 3 aromatic heterocycles. The van der Waals surface area contributed by atoms with E-state index < -0.39 is 5.97 Å². The number of carbonyl (C=O) groups excluding carboxylic acids is 1. The Morgan fingerprint density at radius 1 is 1.00 bits per heavy atom. The average molecular weight is 498 g/mol. The van der Waals surface area contributed by atoms with Crippen LogP contribution >= 0.6 is 11.3 Å². The first-order valence-electron chi connectivity index (χ1n) is 11.9. The maximum Gasteiger partial charge on any atom is 0.359 e. The van der Waals surface area contributed by atoms with Gasteiger partial charge < -0.3 is 10.5 Å². The lowest BCUT2D eigenvalue weighted by atomic mass is 9.97. The van der Waals surface area contributed by atoms with Crippen molar-refractivity contribution in [3.8, 4) is 0 Å². The number of nitrogen functional groups attached to an aromatic ring is 1. The molecule has 0 atom stereocenters. The van der Waals surface area contributed by atoms with Gasteiger partial charge in [-0.05, 0) is 42.9 Å². The molecule has 0 fully saturated rings. The smallest absolute Gasteiger partial charge is 0.359 e. The van der Waals surface area contributed by atoms with E-state index >= 15 is 0 Å². The Morgan fingerprint density at radius 2 is 1.75 bits per heavy atom. The van der Waals surface area contributed by atoms with Crippen molar-refractivity contribution in [2.75, 3.05) is 5.73 Å². The molecule has 0 saturated heterocycles. The van der Waals surface area contributed by atoms with Crippen LogP contribution < -0.4 is 11.3 Å². The summed E-state index contributed by atoms with van der Waals surface area (Å²) in [6, 6.07) is 16.4. The van der Waals surface area contributed by atoms with Crippen molar-refractivity contribution in [2.45, 2.75) is 38.8 Å². The molecule has 0 radical (unpaired) electrons. The quantitative estimate of drug-likeness (QED) is 0.361. The number of esters is 1. The van der Waals surface area contributed by atoms with Gasteiger partial charge in [-0.3, -0.25) is 4.79 Å². The van der Waals surface area contributed by atoms with E-state index in [0.29, 0.717) is 22.4 Å². The van der Waals surface area contributed by atoms with Crippen LogP contribution in [0, 0.1) is 0 Å². The van der Waals surface area contributed by atoms with E-state index in [1.807, 2.05) is 30.3 Å². The summed E-state index contributed by atoms with van der Waals surface area (Å²) >= 11 is 1.64. The Balaban J connectivity index is 1.31. The molecule has 0 unspecified atom stereocenters. The van der Waals surface area contributed by atoms with Crippen LogP contribution in [0.25, 0.3) is 21.0 Å². The number of carbonyl (C=O) groups is 1. The van der Waals surface area contributed by atoms with E-state index in [9.17, 15) is 9.59 Å². The zero-order valence-electron chi connectivity index (χ0n) is 19.4. The number of aromatic nitrogens is 4. The van der Waals surface area contributed by atoms with E-state index in [2.05, 4.69) is 15.1 Å². The number of aryl methyl sites for hydroxylation is 2. The topological polar surface area (TPSA) is 113 Å². The molecular weight excluding hydrogens is 474 g/mol. The summed E-state index contributed by atoms with van der Waals surface area (Å²) < 4.78 is 6.88. The molecule has 2 N–H and O–H groups in total. The zero-order chi connectivity index (χ0) is 24.6. The minimum Gasteiger partial charge on any atom is -0.453 e. The molecule has 1 aliphatic carbocycles. The van der Waals surface area contributed by atoms with Crippen molar-refractivity contribution >= 4 is 44.1 Å². The maximum atomic E-state index is 13.2. The second kappa shape index (κ2) is 9.16. The molecule has 3 heterocycles. The van der Waals surface area contributed by atoms with Gasteiger partial charge in [0.05, 0.1) is 17.3 Å². The maximum absolute atomic E-state index is 13.2. The van der Waals surface area contributed by atoms with E-state index in [1.54, 1.807) is 35.6 Å². The number of hydrogen-bond donors (Lipinski definition) is 1. The number of nitrogens with two attached hydrogens (primary N) is 1. The van der Waals surface area contributed by atoms with Gasteiger partial charge in [0.15, 0.2) is 18.1 Å². The molecule has 0 bridgehead atoms. The zero-order valence-corrected chi connectivity index (χ0v) is 20.3. The lowest BCUT2D eigenvalue weighted by Crippen LogP contribution is -2.27. The predicted molar refractivity (Wildman–Crippen MR) is 139 cm³/mol. The number of anilines is 1. The molecule has 0 saturated carbocycles. The van der Waals surface area contributed by atoms with Crippen molar-refractivity contribution in [1.82, 2.24) is 19.7 Å². The van der Waals surface area contributed by atoms with Crippen LogP contribution in [0.4, 0.5) is 5.82 Å². The number of nitrogens with zero attached hydrogens (tertiary/aromatic N) is 4. The molecule has 2 aromatic carbocycles. The monoisotopic (exact) mass is 497 g/mol. The van der Waals surface area contributed by atoms with Crippen molar-refractivity contribution in [3.05, 3.63) is 92.5 Å². The third-order valence-corrected chi connectivity index (χ3v) is 7.64. The Hall–Kier alpha value is -4.11. The summed E-state index contributed by atoms with van der Waals surface area (Å²) in [6.45, 7) is 0.0967. The van der Waals surface area contributed by atoms with E-state index in [1.165, 1.54) is 21.5 Å². The summed E-state index contributed by atoms with van der Waals surface area (Å²) in [5.74, 6) is 0.111. The van der Waals surface area contributed by atoms with Crippen LogP contribution in [0.15, 0.2) is 59.4 Å². The summed E-state index contributed by atoms with van der Waals surface area (Å²) in [4.78, 5) is 37.4. The van der Waals surface area contributed by atoms with Gasteiger partial charge in [0.25, 0.3) is 5.56 Å². The first-order chi connectivity index (χ1) is 17.6. The van der Waals surface area contributed by atoms with Gasteiger partial charge in [0, 0.05) is 10.3 Å². The second-order valence-corrected chi connectivity index (χ2v) is 9.92. The van der Waals surface area contributed by atoms with Crippen LogP contribution in [-0.4, -0.2) is 25.7 Å². The second-order valence-electron chi connectivity index (χ2n) is 8.83. The minimum absolute atomic E-state index is 0.0711. The highest BCUT2D eigenvalue weighted by Gasteiger charge is 2.22. The molecule has 0 spiro atoms. The van der Waals surface area contributed by atoms with Crippen LogP contribution in [0.5, 0.6) is 0 Å². The molecule has 1 aliphatic rings. The van der Waals surface area contributed by atoms with Crippen molar-refractivity contribution < 1.29 is 9.53 Å². The average Bonchev–Trinajstić information content (AvgIpc) is 3.28. The van der Waals surface area contributed by atoms with E-state index in [0.717, 1.165) is 35.0 Å². The summed E-state index contributed by atoms with van der Waals surface area (Å²) in [5, 5.41) is 6.17. The highest BCUT2D eigenvalue weighted by Crippen LogP contribution is 2.37. The Labute approximate surface area is 210 Å². The van der Waals surface area contributed by atoms with Gasteiger partial charge in [-0.2, -0.15) is 5.10 Å². The molecule has 0 amide bonds. The molecule has 6 rings (SSSR count). The van der Waals surface area contributed by atoms with E-state index in [-0.39, 0.29) is 24.4 Å². The number of benzene rings is 2. The number of hydrogen-bond acceptors (Lipinski definition) is 8. The molecule has 36 heavy (non-hydrogen) atoms. The van der Waals surface area contributed by atoms with Gasteiger partial charge in [-0.1, -0.05) is 48.5 Å². The molecule has 5 aromatic rings. The third kappa shape index (κ3) is 4.01. The molecule has 0 aliphatic heterocycles. The number of ether oxygens (including phenoxy) is 1. The largest absolute Gasteiger partial charge is 0.453 e. The lowest BCUT2D eigenvalue weighted by Gasteiger charge is -2.11. The van der Waals surface area contributed by atoms with Crippen LogP contribution in [-0.2, 0) is 30.7 Å². The highest BCUT2D eigenvalue weighted by atomic mass is 32.1. The van der Waals surface area contributed by atoms with Gasteiger partial charge in [-0.15, -0.1) is 11.3 Å². The molecular formula is C27H23N5O3S. The summed E-state index contributed by atoms with van der Waals surface area (Å²) in [7, 11) is 0. The Kier molecular flexibility index (Phi) is 5.69. The summed E-state index contributed by atoms with van der Waals surface area (Å²) in [5.41, 5.74) is 8.26. The Bertz CT molecular complexity index is 1680. The number of fused-ring (bicyclic) bond motifs is 4. The number of thiophene rings is 1. The number of rotatable bonds is 5. The standard InChI is InChI=1S/C27H23N5O3S/c28-24-22-19-12-6-7-13-20(19)36-25(22)30-21(29-24)15-35-27(34)23-17-10-4-5-11-18(17)26(33)32(31-23)14-16-8-2-1-3-9-16/h1-5,8-11H,6-7,12-15H2,(H2,28,29,30). The van der Waals surface area contributed by atoms with Crippen molar-refractivity contribution in [2.24, 2.45) is 0 Å². The van der Waals surface area contributed by atoms with Gasteiger partial charge in [-0.25, -0.2) is 19.4 Å². The van der Waals surface area contributed by atoms with Crippen LogP contribution in [0.1, 0.15) is 45.2 Å². The first kappa shape index (κ1) is 22.4. The van der Waals surface area contributed by atoms with Crippen molar-refractivity contribution in [3.63, 3.8) is 0 Å². The van der Waals surface area contributed by atoms with E-state index in [4.69, 9.17) is 10.5 Å². The predicted octanol–water partition coefficient (Wildman–Crippen LogP) is 4.27. The van der Waals surface area contributed by atoms with Gasteiger partial charge in [0.2, 0.25) is 0 Å². The van der Waals surface area contributed by atoms with Gasteiger partial charge >= 0.3 is 5.97 Å².